The zero-order valence-corrected chi connectivity index (χ0v) is 11.4. The molecule has 0 spiro atoms. The molecule has 16 heavy (non-hydrogen) atoms. The molecule has 0 aromatic carbocycles. The van der Waals surface area contributed by atoms with Crippen LogP contribution in [0.15, 0.2) is 0 Å². The fraction of sp³-hybridized carbons (Fsp3) is 0.923. The van der Waals surface area contributed by atoms with Crippen molar-refractivity contribution in [2.75, 3.05) is 13.2 Å². The summed E-state index contributed by atoms with van der Waals surface area (Å²) in [4.78, 5) is 11.3. The van der Waals surface area contributed by atoms with Crippen molar-refractivity contribution in [1.82, 2.24) is 5.32 Å². The first-order valence-electron chi connectivity index (χ1n) is 6.20. The van der Waals surface area contributed by atoms with E-state index in [-0.39, 0.29) is 11.4 Å². The molecule has 0 unspecified atom stereocenters. The van der Waals surface area contributed by atoms with E-state index in [9.17, 15) is 4.79 Å². The second kappa shape index (κ2) is 7.66. The predicted molar refractivity (Wildman–Crippen MR) is 67.4 cm³/mol. The molecule has 3 heteroatoms. The normalized spacial score (nSPS) is 11.9. The summed E-state index contributed by atoms with van der Waals surface area (Å²) in [6.45, 7) is 12.1. The van der Waals surface area contributed by atoms with Gasteiger partial charge in [-0.15, -0.1) is 0 Å². The quantitative estimate of drug-likeness (QED) is 0.539. The standard InChI is InChI=1S/C13H27NO2/c1-11(2)14-9-6-7-12(15)16-10-8-13(3,4)5/h11,14H,6-10H2,1-5H3. The van der Waals surface area contributed by atoms with Gasteiger partial charge in [-0.3, -0.25) is 4.79 Å². The van der Waals surface area contributed by atoms with Gasteiger partial charge >= 0.3 is 5.97 Å². The van der Waals surface area contributed by atoms with E-state index in [4.69, 9.17) is 4.74 Å². The monoisotopic (exact) mass is 229 g/mol. The Balaban J connectivity index is 3.39. The van der Waals surface area contributed by atoms with Crippen LogP contribution in [0.25, 0.3) is 0 Å². The van der Waals surface area contributed by atoms with Crippen LogP contribution in [0.3, 0.4) is 0 Å². The lowest BCUT2D eigenvalue weighted by Gasteiger charge is -2.17. The highest BCUT2D eigenvalue weighted by molar-refractivity contribution is 5.69. The summed E-state index contributed by atoms with van der Waals surface area (Å²) in [6, 6.07) is 0.483. The SMILES string of the molecule is CC(C)NCCCC(=O)OCCC(C)(C)C. The van der Waals surface area contributed by atoms with Gasteiger partial charge in [-0.1, -0.05) is 34.6 Å². The Morgan fingerprint density at radius 3 is 2.44 bits per heavy atom. The largest absolute Gasteiger partial charge is 0.466 e. The van der Waals surface area contributed by atoms with Crippen LogP contribution >= 0.6 is 0 Å². The van der Waals surface area contributed by atoms with E-state index in [0.717, 1.165) is 19.4 Å². The fourth-order valence-corrected chi connectivity index (χ4v) is 1.17. The minimum absolute atomic E-state index is 0.0743. The summed E-state index contributed by atoms with van der Waals surface area (Å²) >= 11 is 0. The molecule has 0 aliphatic rings. The molecule has 0 aliphatic heterocycles. The lowest BCUT2D eigenvalue weighted by Crippen LogP contribution is -2.24. The number of ether oxygens (including phenoxy) is 1. The van der Waals surface area contributed by atoms with E-state index in [1.807, 2.05) is 0 Å². The van der Waals surface area contributed by atoms with Crippen LogP contribution in [0, 0.1) is 5.41 Å². The maximum Gasteiger partial charge on any atom is 0.305 e. The Labute approximate surface area is 99.9 Å². The second-order valence-corrected chi connectivity index (χ2v) is 5.74. The zero-order valence-electron chi connectivity index (χ0n) is 11.4. The summed E-state index contributed by atoms with van der Waals surface area (Å²) in [5.74, 6) is -0.0743. The van der Waals surface area contributed by atoms with Crippen LogP contribution < -0.4 is 5.32 Å². The molecule has 96 valence electrons. The van der Waals surface area contributed by atoms with Gasteiger partial charge in [-0.2, -0.15) is 0 Å². The molecule has 0 aliphatic carbocycles. The molecule has 1 N–H and O–H groups in total. The van der Waals surface area contributed by atoms with Gasteiger partial charge in [0.2, 0.25) is 0 Å². The predicted octanol–water partition coefficient (Wildman–Crippen LogP) is 2.74. The van der Waals surface area contributed by atoms with E-state index in [2.05, 4.69) is 39.9 Å². The molecule has 0 amide bonds. The molecule has 3 nitrogen and oxygen atoms in total. The van der Waals surface area contributed by atoms with Crippen LogP contribution in [0.2, 0.25) is 0 Å². The van der Waals surface area contributed by atoms with Crippen molar-refractivity contribution in [3.63, 3.8) is 0 Å². The highest BCUT2D eigenvalue weighted by Crippen LogP contribution is 2.17. The molecule has 0 atom stereocenters. The highest BCUT2D eigenvalue weighted by Gasteiger charge is 2.11. The lowest BCUT2D eigenvalue weighted by molar-refractivity contribution is -0.144. The number of rotatable bonds is 7. The number of nitrogens with one attached hydrogen (secondary N) is 1. The first kappa shape index (κ1) is 15.4. The van der Waals surface area contributed by atoms with Crippen molar-refractivity contribution >= 4 is 5.97 Å². The third-order valence-corrected chi connectivity index (χ3v) is 2.23. The van der Waals surface area contributed by atoms with Crippen molar-refractivity contribution in [2.45, 2.75) is 59.9 Å². The minimum Gasteiger partial charge on any atom is -0.466 e. The average Bonchev–Trinajstić information content (AvgIpc) is 2.10. The van der Waals surface area contributed by atoms with Crippen molar-refractivity contribution in [3.8, 4) is 0 Å². The van der Waals surface area contributed by atoms with Crippen LogP contribution in [-0.4, -0.2) is 25.2 Å². The van der Waals surface area contributed by atoms with Gasteiger partial charge in [0.1, 0.15) is 0 Å². The molecule has 0 radical (unpaired) electrons. The maximum absolute atomic E-state index is 11.3. The molecule has 0 rings (SSSR count). The number of carbonyl (C=O) groups excluding carboxylic acids is 1. The van der Waals surface area contributed by atoms with Gasteiger partial charge in [-0.05, 0) is 24.8 Å². The van der Waals surface area contributed by atoms with E-state index < -0.39 is 0 Å². The van der Waals surface area contributed by atoms with Gasteiger partial charge in [0.05, 0.1) is 6.61 Å². The molecule has 0 aromatic rings. The molecule has 0 saturated carbocycles. The van der Waals surface area contributed by atoms with Gasteiger partial charge < -0.3 is 10.1 Å². The van der Waals surface area contributed by atoms with Crippen LogP contribution in [0.5, 0.6) is 0 Å². The van der Waals surface area contributed by atoms with Crippen molar-refractivity contribution in [2.24, 2.45) is 5.41 Å². The molecular formula is C13H27NO2. The third kappa shape index (κ3) is 11.5. The zero-order chi connectivity index (χ0) is 12.6. The minimum atomic E-state index is -0.0743. The molecule has 0 saturated heterocycles. The number of esters is 1. The first-order valence-corrected chi connectivity index (χ1v) is 6.20. The van der Waals surface area contributed by atoms with E-state index in [1.54, 1.807) is 0 Å². The van der Waals surface area contributed by atoms with Crippen molar-refractivity contribution < 1.29 is 9.53 Å². The van der Waals surface area contributed by atoms with Gasteiger partial charge in [0, 0.05) is 12.5 Å². The molecule has 0 heterocycles. The van der Waals surface area contributed by atoms with Gasteiger partial charge in [0.15, 0.2) is 0 Å². The Hall–Kier alpha value is -0.570. The topological polar surface area (TPSA) is 38.3 Å². The van der Waals surface area contributed by atoms with Crippen LogP contribution in [0.4, 0.5) is 0 Å². The smallest absolute Gasteiger partial charge is 0.305 e. The molecular weight excluding hydrogens is 202 g/mol. The van der Waals surface area contributed by atoms with Crippen molar-refractivity contribution in [1.29, 1.82) is 0 Å². The Morgan fingerprint density at radius 2 is 1.94 bits per heavy atom. The summed E-state index contributed by atoms with van der Waals surface area (Å²) < 4.78 is 5.16. The Bertz CT molecular complexity index is 195. The summed E-state index contributed by atoms with van der Waals surface area (Å²) in [5.41, 5.74) is 0.236. The average molecular weight is 229 g/mol. The van der Waals surface area contributed by atoms with E-state index >= 15 is 0 Å². The van der Waals surface area contributed by atoms with Crippen molar-refractivity contribution in [3.05, 3.63) is 0 Å². The Kier molecular flexibility index (Phi) is 7.39. The van der Waals surface area contributed by atoms with Gasteiger partial charge in [-0.25, -0.2) is 0 Å². The summed E-state index contributed by atoms with van der Waals surface area (Å²) in [5, 5.41) is 3.27. The second-order valence-electron chi connectivity index (χ2n) is 5.74. The summed E-state index contributed by atoms with van der Waals surface area (Å²) in [7, 11) is 0. The van der Waals surface area contributed by atoms with E-state index in [0.29, 0.717) is 19.1 Å². The fourth-order valence-electron chi connectivity index (χ4n) is 1.17. The lowest BCUT2D eigenvalue weighted by atomic mass is 9.93. The van der Waals surface area contributed by atoms with Gasteiger partial charge in [0.25, 0.3) is 0 Å². The maximum atomic E-state index is 11.3. The van der Waals surface area contributed by atoms with Crippen LogP contribution in [-0.2, 0) is 9.53 Å². The van der Waals surface area contributed by atoms with Crippen LogP contribution in [0.1, 0.15) is 53.9 Å². The highest BCUT2D eigenvalue weighted by atomic mass is 16.5. The molecule has 0 aromatic heterocycles. The number of hydrogen-bond acceptors (Lipinski definition) is 3. The summed E-state index contributed by atoms with van der Waals surface area (Å²) in [6.07, 6.45) is 2.29. The molecule has 0 bridgehead atoms. The Morgan fingerprint density at radius 1 is 1.31 bits per heavy atom. The molecule has 0 fully saturated rings. The number of hydrogen-bond donors (Lipinski definition) is 1. The number of carbonyl (C=O) groups is 1. The third-order valence-electron chi connectivity index (χ3n) is 2.23. The first-order chi connectivity index (χ1) is 7.31. The van der Waals surface area contributed by atoms with E-state index in [1.165, 1.54) is 0 Å².